The van der Waals surface area contributed by atoms with Crippen LogP contribution >= 0.6 is 0 Å². The predicted molar refractivity (Wildman–Crippen MR) is 80.6 cm³/mol. The van der Waals surface area contributed by atoms with Gasteiger partial charge < -0.3 is 4.74 Å². The molecule has 0 amide bonds. The Morgan fingerprint density at radius 2 is 2.33 bits per heavy atom. The van der Waals surface area contributed by atoms with Crippen molar-refractivity contribution in [3.8, 4) is 11.8 Å². The second-order valence-electron chi connectivity index (χ2n) is 5.75. The Morgan fingerprint density at radius 1 is 1.52 bits per heavy atom. The van der Waals surface area contributed by atoms with Crippen LogP contribution in [-0.4, -0.2) is 18.7 Å². The maximum atomic E-state index is 13.2. The van der Waals surface area contributed by atoms with Gasteiger partial charge in [0, 0.05) is 6.07 Å². The molecule has 0 spiro atoms. The average molecular weight is 290 g/mol. The van der Waals surface area contributed by atoms with E-state index < -0.39 is 5.54 Å². The zero-order valence-corrected chi connectivity index (χ0v) is 12.8. The first-order valence-corrected chi connectivity index (χ1v) is 7.66. The molecule has 3 nitrogen and oxygen atoms in total. The molecule has 1 aromatic carbocycles. The number of aryl methyl sites for hydroxylation is 1. The van der Waals surface area contributed by atoms with Crippen molar-refractivity contribution in [2.24, 2.45) is 5.92 Å². The molecule has 1 aromatic rings. The summed E-state index contributed by atoms with van der Waals surface area (Å²) in [5.74, 6) is 0.616. The first-order chi connectivity index (χ1) is 10.1. The lowest BCUT2D eigenvalue weighted by molar-refractivity contribution is 0.233. The van der Waals surface area contributed by atoms with Crippen LogP contribution in [0.15, 0.2) is 18.2 Å². The molecule has 0 aromatic heterocycles. The van der Waals surface area contributed by atoms with Gasteiger partial charge in [0.1, 0.15) is 17.1 Å². The van der Waals surface area contributed by atoms with E-state index in [-0.39, 0.29) is 5.82 Å². The summed E-state index contributed by atoms with van der Waals surface area (Å²) < 4.78 is 18.9. The second-order valence-corrected chi connectivity index (χ2v) is 5.75. The van der Waals surface area contributed by atoms with Gasteiger partial charge in [0.15, 0.2) is 0 Å². The Hall–Kier alpha value is -1.60. The van der Waals surface area contributed by atoms with Crippen LogP contribution in [0.1, 0.15) is 38.2 Å². The maximum absolute atomic E-state index is 13.2. The summed E-state index contributed by atoms with van der Waals surface area (Å²) in [5.41, 5.74) is 0.524. The molecule has 1 saturated carbocycles. The van der Waals surface area contributed by atoms with Crippen molar-refractivity contribution >= 4 is 0 Å². The van der Waals surface area contributed by atoms with Crippen molar-refractivity contribution in [3.63, 3.8) is 0 Å². The van der Waals surface area contributed by atoms with Crippen LogP contribution in [0.3, 0.4) is 0 Å². The topological polar surface area (TPSA) is 45.0 Å². The van der Waals surface area contributed by atoms with Gasteiger partial charge in [0.2, 0.25) is 0 Å². The van der Waals surface area contributed by atoms with E-state index in [0.717, 1.165) is 37.8 Å². The maximum Gasteiger partial charge on any atom is 0.126 e. The molecule has 1 fully saturated rings. The van der Waals surface area contributed by atoms with Gasteiger partial charge in [-0.2, -0.15) is 5.26 Å². The number of nitrogens with one attached hydrogen (secondary N) is 1. The highest BCUT2D eigenvalue weighted by molar-refractivity contribution is 5.32. The molecular formula is C17H23FN2O. The summed E-state index contributed by atoms with van der Waals surface area (Å²) >= 11 is 0. The van der Waals surface area contributed by atoms with Gasteiger partial charge in [-0.1, -0.05) is 19.4 Å². The van der Waals surface area contributed by atoms with Gasteiger partial charge in [0.05, 0.1) is 12.7 Å². The number of rotatable bonds is 6. The van der Waals surface area contributed by atoms with E-state index in [1.54, 1.807) is 6.07 Å². The van der Waals surface area contributed by atoms with E-state index in [2.05, 4.69) is 11.4 Å². The molecule has 0 radical (unpaired) electrons. The summed E-state index contributed by atoms with van der Waals surface area (Å²) in [6.45, 7) is 5.25. The molecule has 1 N–H and O–H groups in total. The largest absolute Gasteiger partial charge is 0.493 e. The van der Waals surface area contributed by atoms with Gasteiger partial charge in [0.25, 0.3) is 0 Å². The fourth-order valence-electron chi connectivity index (χ4n) is 3.24. The fourth-order valence-corrected chi connectivity index (χ4v) is 3.24. The lowest BCUT2D eigenvalue weighted by Crippen LogP contribution is -2.47. The minimum absolute atomic E-state index is 0.282. The summed E-state index contributed by atoms with van der Waals surface area (Å²) in [5, 5.41) is 12.9. The quantitative estimate of drug-likeness (QED) is 0.871. The van der Waals surface area contributed by atoms with Gasteiger partial charge in [-0.25, -0.2) is 4.39 Å². The van der Waals surface area contributed by atoms with Crippen LogP contribution in [0.25, 0.3) is 0 Å². The normalized spacial score (nSPS) is 24.8. The summed E-state index contributed by atoms with van der Waals surface area (Å²) in [4.78, 5) is 0. The molecular weight excluding hydrogens is 267 g/mol. The van der Waals surface area contributed by atoms with Gasteiger partial charge in [-0.3, -0.25) is 5.32 Å². The SMILES string of the molecule is CCNC1(C#N)CCCC1CCOc1cc(F)ccc1C. The van der Waals surface area contributed by atoms with E-state index >= 15 is 0 Å². The highest BCUT2D eigenvalue weighted by atomic mass is 19.1. The number of ether oxygens (including phenoxy) is 1. The molecule has 2 unspecified atom stereocenters. The van der Waals surface area contributed by atoms with Crippen LogP contribution < -0.4 is 10.1 Å². The number of nitriles is 1. The third-order valence-electron chi connectivity index (χ3n) is 4.39. The number of halogens is 1. The molecule has 0 bridgehead atoms. The third-order valence-corrected chi connectivity index (χ3v) is 4.39. The van der Waals surface area contributed by atoms with Crippen LogP contribution in [0.4, 0.5) is 4.39 Å². The molecule has 0 aliphatic heterocycles. The Labute approximate surface area is 126 Å². The molecule has 1 aliphatic rings. The van der Waals surface area contributed by atoms with Crippen molar-refractivity contribution < 1.29 is 9.13 Å². The molecule has 4 heteroatoms. The summed E-state index contributed by atoms with van der Waals surface area (Å²) in [7, 11) is 0. The van der Waals surface area contributed by atoms with Crippen molar-refractivity contribution in [1.29, 1.82) is 5.26 Å². The average Bonchev–Trinajstić information content (AvgIpc) is 2.86. The number of nitrogens with zero attached hydrogens (tertiary/aromatic N) is 1. The van der Waals surface area contributed by atoms with Crippen LogP contribution in [0.2, 0.25) is 0 Å². The highest BCUT2D eigenvalue weighted by Gasteiger charge is 2.42. The Bertz CT molecular complexity index is 526. The van der Waals surface area contributed by atoms with Crippen molar-refractivity contribution in [1.82, 2.24) is 5.32 Å². The van der Waals surface area contributed by atoms with Gasteiger partial charge >= 0.3 is 0 Å². The molecule has 0 saturated heterocycles. The van der Waals surface area contributed by atoms with Crippen LogP contribution in [0, 0.1) is 30.0 Å². The number of hydrogen-bond donors (Lipinski definition) is 1. The molecule has 2 atom stereocenters. The molecule has 1 aliphatic carbocycles. The second kappa shape index (κ2) is 6.91. The van der Waals surface area contributed by atoms with Crippen LogP contribution in [-0.2, 0) is 0 Å². The first-order valence-electron chi connectivity index (χ1n) is 7.66. The molecule has 114 valence electrons. The molecule has 21 heavy (non-hydrogen) atoms. The van der Waals surface area contributed by atoms with E-state index in [1.807, 2.05) is 13.8 Å². The van der Waals surface area contributed by atoms with Crippen molar-refractivity contribution in [2.45, 2.75) is 45.1 Å². The highest BCUT2D eigenvalue weighted by Crippen LogP contribution is 2.37. The van der Waals surface area contributed by atoms with E-state index in [0.29, 0.717) is 18.3 Å². The Morgan fingerprint density at radius 3 is 3.05 bits per heavy atom. The van der Waals surface area contributed by atoms with E-state index in [9.17, 15) is 9.65 Å². The lowest BCUT2D eigenvalue weighted by Gasteiger charge is -2.29. The standard InChI is InChI=1S/C17H23FN2O/c1-3-20-17(12-19)9-4-5-14(17)8-10-21-16-11-15(18)7-6-13(16)2/h6-7,11,14,20H,3-5,8-10H2,1-2H3. The smallest absolute Gasteiger partial charge is 0.126 e. The molecule has 2 rings (SSSR count). The Balaban J connectivity index is 1.93. The van der Waals surface area contributed by atoms with E-state index in [4.69, 9.17) is 4.74 Å². The van der Waals surface area contributed by atoms with E-state index in [1.165, 1.54) is 12.1 Å². The van der Waals surface area contributed by atoms with Gasteiger partial charge in [-0.15, -0.1) is 0 Å². The van der Waals surface area contributed by atoms with Crippen LogP contribution in [0.5, 0.6) is 5.75 Å². The minimum Gasteiger partial charge on any atom is -0.493 e. The first kappa shape index (κ1) is 15.8. The van der Waals surface area contributed by atoms with Crippen molar-refractivity contribution in [3.05, 3.63) is 29.6 Å². The summed E-state index contributed by atoms with van der Waals surface area (Å²) in [6, 6.07) is 7.05. The zero-order chi connectivity index (χ0) is 15.3. The number of benzene rings is 1. The lowest BCUT2D eigenvalue weighted by atomic mass is 9.86. The predicted octanol–water partition coefficient (Wildman–Crippen LogP) is 3.58. The van der Waals surface area contributed by atoms with Crippen molar-refractivity contribution in [2.75, 3.05) is 13.2 Å². The zero-order valence-electron chi connectivity index (χ0n) is 12.8. The summed E-state index contributed by atoms with van der Waals surface area (Å²) in [6.07, 6.45) is 3.84. The fraction of sp³-hybridized carbons (Fsp3) is 0.588. The van der Waals surface area contributed by atoms with Gasteiger partial charge in [-0.05, 0) is 50.3 Å². The minimum atomic E-state index is -0.408. The Kier molecular flexibility index (Phi) is 5.19. The molecule has 0 heterocycles. The third kappa shape index (κ3) is 3.54. The monoisotopic (exact) mass is 290 g/mol. The number of hydrogen-bond acceptors (Lipinski definition) is 3.